The van der Waals surface area contributed by atoms with Gasteiger partial charge in [-0.25, -0.2) is 4.39 Å². The lowest BCUT2D eigenvalue weighted by atomic mass is 10.1. The first-order valence-electron chi connectivity index (χ1n) is 6.72. The predicted molar refractivity (Wildman–Crippen MR) is 78.8 cm³/mol. The Balaban J connectivity index is 1.84. The first-order valence-corrected chi connectivity index (χ1v) is 7.10. The van der Waals surface area contributed by atoms with Crippen molar-refractivity contribution in [2.45, 2.75) is 12.7 Å². The summed E-state index contributed by atoms with van der Waals surface area (Å²) < 4.78 is 51.3. The van der Waals surface area contributed by atoms with Gasteiger partial charge in [-0.05, 0) is 35.0 Å². The van der Waals surface area contributed by atoms with E-state index >= 15 is 0 Å². The Morgan fingerprint density at radius 2 is 1.88 bits per heavy atom. The van der Waals surface area contributed by atoms with Crippen LogP contribution in [0.5, 0.6) is 0 Å². The van der Waals surface area contributed by atoms with Crippen LogP contribution < -0.4 is 0 Å². The molecule has 0 amide bonds. The smallest absolute Gasteiger partial charge is 0.205 e. The molecule has 0 atom stereocenters. The number of rotatable bonds is 3. The summed E-state index contributed by atoms with van der Waals surface area (Å²) in [6, 6.07) is 8.80. The van der Waals surface area contributed by atoms with Gasteiger partial charge in [0, 0.05) is 5.56 Å². The van der Waals surface area contributed by atoms with Gasteiger partial charge in [0.1, 0.15) is 5.82 Å². The van der Waals surface area contributed by atoms with Gasteiger partial charge in [0.25, 0.3) is 0 Å². The van der Waals surface area contributed by atoms with E-state index in [1.54, 1.807) is 0 Å². The molecule has 3 aromatic rings. The molecule has 3 rings (SSSR count). The van der Waals surface area contributed by atoms with E-state index in [1.807, 2.05) is 0 Å². The number of nitrogens with zero attached hydrogens (tertiary/aromatic N) is 4. The van der Waals surface area contributed by atoms with Crippen molar-refractivity contribution < 1.29 is 17.6 Å². The maximum Gasteiger partial charge on any atom is 0.416 e. The second-order valence-electron chi connectivity index (χ2n) is 4.97. The quantitative estimate of drug-likeness (QED) is 0.661. The van der Waals surface area contributed by atoms with Crippen LogP contribution in [-0.2, 0) is 12.7 Å². The Hall–Kier alpha value is -2.48. The van der Waals surface area contributed by atoms with Crippen molar-refractivity contribution in [3.8, 4) is 11.4 Å². The zero-order valence-electron chi connectivity index (χ0n) is 11.9. The van der Waals surface area contributed by atoms with E-state index in [9.17, 15) is 17.6 Å². The van der Waals surface area contributed by atoms with Gasteiger partial charge in [-0.15, -0.1) is 10.2 Å². The average molecular weight is 357 g/mol. The van der Waals surface area contributed by atoms with Crippen LogP contribution in [0.4, 0.5) is 17.6 Å². The molecule has 0 aliphatic rings. The molecular weight excluding hydrogens is 348 g/mol. The van der Waals surface area contributed by atoms with Gasteiger partial charge in [0.15, 0.2) is 0 Å². The third kappa shape index (κ3) is 3.53. The van der Waals surface area contributed by atoms with Gasteiger partial charge in [-0.3, -0.25) is 0 Å². The minimum absolute atomic E-state index is 0.0364. The molecule has 0 aliphatic carbocycles. The van der Waals surface area contributed by atoms with Gasteiger partial charge < -0.3 is 0 Å². The molecule has 0 saturated carbocycles. The molecule has 0 N–H and O–H groups in total. The highest BCUT2D eigenvalue weighted by Crippen LogP contribution is 2.31. The van der Waals surface area contributed by atoms with Crippen molar-refractivity contribution in [2.75, 3.05) is 0 Å². The topological polar surface area (TPSA) is 43.6 Å². The summed E-state index contributed by atoms with van der Waals surface area (Å²) in [4.78, 5) is 1.19. The highest BCUT2D eigenvalue weighted by Gasteiger charge is 2.30. The summed E-state index contributed by atoms with van der Waals surface area (Å²) in [7, 11) is 0. The lowest BCUT2D eigenvalue weighted by Gasteiger charge is -2.06. The summed E-state index contributed by atoms with van der Waals surface area (Å²) in [5.74, 6) is -0.481. The Labute approximate surface area is 138 Å². The Kier molecular flexibility index (Phi) is 4.23. The van der Waals surface area contributed by atoms with Crippen LogP contribution in [0.25, 0.3) is 11.4 Å². The third-order valence-electron chi connectivity index (χ3n) is 3.21. The number of tetrazole rings is 1. The maximum atomic E-state index is 13.1. The molecule has 0 spiro atoms. The van der Waals surface area contributed by atoms with Crippen LogP contribution >= 0.6 is 11.6 Å². The zero-order valence-corrected chi connectivity index (χ0v) is 12.7. The minimum Gasteiger partial charge on any atom is -0.205 e. The van der Waals surface area contributed by atoms with Gasteiger partial charge in [0.05, 0.1) is 17.1 Å². The number of aromatic nitrogens is 4. The molecule has 0 unspecified atom stereocenters. The average Bonchev–Trinajstić information content (AvgIpc) is 2.99. The number of alkyl halides is 3. The number of hydrogen-bond donors (Lipinski definition) is 0. The molecule has 9 heteroatoms. The fourth-order valence-electron chi connectivity index (χ4n) is 2.06. The van der Waals surface area contributed by atoms with Crippen molar-refractivity contribution in [1.82, 2.24) is 20.2 Å². The van der Waals surface area contributed by atoms with Crippen LogP contribution in [0, 0.1) is 5.82 Å². The van der Waals surface area contributed by atoms with E-state index in [0.29, 0.717) is 5.56 Å². The zero-order chi connectivity index (χ0) is 17.3. The van der Waals surface area contributed by atoms with Gasteiger partial charge in [-0.1, -0.05) is 29.8 Å². The first kappa shape index (κ1) is 16.4. The molecule has 1 heterocycles. The van der Waals surface area contributed by atoms with Crippen LogP contribution in [0.3, 0.4) is 0 Å². The highest BCUT2D eigenvalue weighted by atomic mass is 35.5. The van der Waals surface area contributed by atoms with E-state index in [1.165, 1.54) is 35.1 Å². The predicted octanol–water partition coefficient (Wildman–Crippen LogP) is 4.20. The minimum atomic E-state index is -4.45. The molecule has 2 aromatic carbocycles. The Bertz CT molecular complexity index is 876. The number of halogens is 5. The lowest BCUT2D eigenvalue weighted by molar-refractivity contribution is -0.137. The van der Waals surface area contributed by atoms with Crippen molar-refractivity contribution in [3.63, 3.8) is 0 Å². The number of hydrogen-bond acceptors (Lipinski definition) is 3. The number of benzene rings is 2. The molecule has 0 saturated heterocycles. The first-order chi connectivity index (χ1) is 11.3. The van der Waals surface area contributed by atoms with Gasteiger partial charge in [0.2, 0.25) is 5.82 Å². The Morgan fingerprint density at radius 1 is 1.08 bits per heavy atom. The summed E-state index contributed by atoms with van der Waals surface area (Å²) in [5, 5.41) is 11.5. The lowest BCUT2D eigenvalue weighted by Crippen LogP contribution is -2.05. The summed E-state index contributed by atoms with van der Waals surface area (Å²) in [6.07, 6.45) is -4.45. The van der Waals surface area contributed by atoms with E-state index in [-0.39, 0.29) is 23.0 Å². The van der Waals surface area contributed by atoms with E-state index in [4.69, 9.17) is 11.6 Å². The fourth-order valence-corrected chi connectivity index (χ4v) is 2.26. The monoisotopic (exact) mass is 356 g/mol. The van der Waals surface area contributed by atoms with E-state index in [2.05, 4.69) is 15.4 Å². The van der Waals surface area contributed by atoms with Gasteiger partial charge in [-0.2, -0.15) is 18.0 Å². The summed E-state index contributed by atoms with van der Waals surface area (Å²) >= 11 is 5.69. The van der Waals surface area contributed by atoms with Crippen LogP contribution in [0.1, 0.15) is 11.1 Å². The summed E-state index contributed by atoms with van der Waals surface area (Å²) in [5.41, 5.74) is 0.0456. The van der Waals surface area contributed by atoms with Crippen LogP contribution in [0.15, 0.2) is 42.5 Å². The van der Waals surface area contributed by atoms with Crippen LogP contribution in [0.2, 0.25) is 5.02 Å². The molecule has 24 heavy (non-hydrogen) atoms. The Morgan fingerprint density at radius 3 is 2.58 bits per heavy atom. The van der Waals surface area contributed by atoms with E-state index in [0.717, 1.165) is 12.1 Å². The SMILES string of the molecule is Fc1ccc(Cn2nnc(-c3cccc(C(F)(F)F)c3)n2)cc1Cl. The molecule has 124 valence electrons. The van der Waals surface area contributed by atoms with Crippen molar-refractivity contribution in [3.05, 3.63) is 64.4 Å². The van der Waals surface area contributed by atoms with Crippen molar-refractivity contribution in [2.24, 2.45) is 0 Å². The standard InChI is InChI=1S/C15H9ClF4N4/c16-12-6-9(4-5-13(12)17)8-24-22-14(21-23-24)10-2-1-3-11(7-10)15(18,19)20/h1-7H,8H2. The highest BCUT2D eigenvalue weighted by molar-refractivity contribution is 6.30. The maximum absolute atomic E-state index is 13.1. The third-order valence-corrected chi connectivity index (χ3v) is 3.50. The molecule has 1 aromatic heterocycles. The molecule has 0 radical (unpaired) electrons. The molecule has 0 bridgehead atoms. The molecule has 0 fully saturated rings. The van der Waals surface area contributed by atoms with Crippen molar-refractivity contribution >= 4 is 11.6 Å². The second-order valence-corrected chi connectivity index (χ2v) is 5.38. The largest absolute Gasteiger partial charge is 0.416 e. The van der Waals surface area contributed by atoms with Crippen molar-refractivity contribution in [1.29, 1.82) is 0 Å². The summed E-state index contributed by atoms with van der Waals surface area (Å²) in [6.45, 7) is 0.159. The molecule has 0 aliphatic heterocycles. The normalized spacial score (nSPS) is 11.7. The fraction of sp³-hybridized carbons (Fsp3) is 0.133. The van der Waals surface area contributed by atoms with E-state index < -0.39 is 17.6 Å². The molecule has 4 nitrogen and oxygen atoms in total. The van der Waals surface area contributed by atoms with Crippen LogP contribution in [-0.4, -0.2) is 20.2 Å². The van der Waals surface area contributed by atoms with Gasteiger partial charge >= 0.3 is 6.18 Å². The molecular formula is C15H9ClF4N4. The second kappa shape index (κ2) is 6.20.